The fourth-order valence-corrected chi connectivity index (χ4v) is 17.8. The zero-order valence-electron chi connectivity index (χ0n) is 72.9. The summed E-state index contributed by atoms with van der Waals surface area (Å²) in [5, 5.41) is 11.1. The van der Waals surface area contributed by atoms with E-state index in [0.29, 0.717) is 47.1 Å². The second-order valence-electron chi connectivity index (χ2n) is 32.2. The van der Waals surface area contributed by atoms with Crippen LogP contribution in [0.2, 0.25) is 5.15 Å². The fourth-order valence-electron chi connectivity index (χ4n) is 17.2. The number of ether oxygens (including phenoxy) is 2. The van der Waals surface area contributed by atoms with Crippen LogP contribution >= 0.6 is 27.5 Å². The van der Waals surface area contributed by atoms with Gasteiger partial charge in [0.1, 0.15) is 42.5 Å². The Balaban J connectivity index is 0.000000120. The Bertz CT molecular complexity index is 7390. The summed E-state index contributed by atoms with van der Waals surface area (Å²) in [7, 11) is 5.83. The Labute approximate surface area is 747 Å². The Morgan fingerprint density at radius 2 is 0.780 bits per heavy atom. The van der Waals surface area contributed by atoms with Crippen molar-refractivity contribution < 1.29 is 9.47 Å². The van der Waals surface area contributed by atoms with E-state index >= 15 is 0 Å². The number of aromatic amines is 1. The van der Waals surface area contributed by atoms with Crippen molar-refractivity contribution in [2.75, 3.05) is 44.2 Å². The van der Waals surface area contributed by atoms with Crippen LogP contribution in [0.3, 0.4) is 0 Å². The maximum Gasteiger partial charge on any atom is 0.263 e. The molecule has 2 aliphatic heterocycles. The van der Waals surface area contributed by atoms with Crippen LogP contribution in [0, 0.1) is 55.4 Å². The molecular weight excluding hydrogens is 1680 g/mol. The van der Waals surface area contributed by atoms with E-state index in [1.807, 2.05) is 284 Å². The van der Waals surface area contributed by atoms with Crippen LogP contribution in [0.4, 0.5) is 11.6 Å². The quantitative estimate of drug-likeness (QED) is 0.0713. The third-order valence-electron chi connectivity index (χ3n) is 23.6. The van der Waals surface area contributed by atoms with Gasteiger partial charge < -0.3 is 29.6 Å². The molecule has 2 saturated heterocycles. The van der Waals surface area contributed by atoms with Crippen molar-refractivity contribution in [3.63, 3.8) is 0 Å². The monoisotopic (exact) mass is 1780 g/mol. The molecule has 25 nitrogen and oxygen atoms in total. The number of para-hydroxylation sites is 4. The molecule has 0 radical (unpaired) electrons. The minimum atomic E-state index is -0.0539. The molecule has 2 fully saturated rings. The number of nitrogens with one attached hydrogen (secondary N) is 2. The number of alkyl halides is 1. The van der Waals surface area contributed by atoms with E-state index in [9.17, 15) is 19.2 Å². The number of fused-ring (bicyclic) bond motifs is 7. The highest BCUT2D eigenvalue weighted by atomic mass is 79.9. The normalized spacial score (nSPS) is 13.8. The lowest BCUT2D eigenvalue weighted by Gasteiger charge is -2.24. The van der Waals surface area contributed by atoms with Crippen LogP contribution in [0.1, 0.15) is 118 Å². The van der Waals surface area contributed by atoms with Gasteiger partial charge in [-0.25, -0.2) is 44.9 Å². The first-order valence-corrected chi connectivity index (χ1v) is 44.0. The average Bonchev–Trinajstić information content (AvgIpc) is 1.71. The van der Waals surface area contributed by atoms with Gasteiger partial charge in [0.2, 0.25) is 0 Å². The van der Waals surface area contributed by atoms with Crippen molar-refractivity contribution in [3.05, 3.63) is 346 Å². The van der Waals surface area contributed by atoms with Crippen LogP contribution in [-0.2, 0) is 34.4 Å². The molecule has 0 spiro atoms. The average molecular weight is 1780 g/mol. The van der Waals surface area contributed by atoms with Gasteiger partial charge >= 0.3 is 0 Å². The molecule has 2 unspecified atom stereocenters. The minimum Gasteiger partial charge on any atom is -0.358 e. The second-order valence-corrected chi connectivity index (χ2v) is 33.2. The molecule has 644 valence electrons. The van der Waals surface area contributed by atoms with Gasteiger partial charge in [0.15, 0.2) is 39.2 Å². The summed E-state index contributed by atoms with van der Waals surface area (Å²) in [6.45, 7) is 19.2. The lowest BCUT2D eigenvalue weighted by molar-refractivity contribution is -0.0299. The number of aromatic nitrogens is 16. The third kappa shape index (κ3) is 17.8. The molecule has 0 aliphatic carbocycles. The number of anilines is 2. The van der Waals surface area contributed by atoms with Gasteiger partial charge in [0, 0.05) is 62.0 Å². The van der Waals surface area contributed by atoms with Gasteiger partial charge in [0.25, 0.3) is 22.2 Å². The van der Waals surface area contributed by atoms with Crippen LogP contribution < -0.4 is 37.4 Å². The SMILES string of the molecule is CNCc1cc2cccc(C)c2c(=O)n1-c1ccccc1C.Cc1ccccc1-n1c(CBr)cc2cccc(C)c2c1=O.Cc1ccccc1-n1c(CN(C)c2ncnc3c2ncn3C2CCCCO2)cc2cccc(C)c2c1=O.Cc1ccccc1-n1c(CN(C)c2ncnc3nc[nH]c23)cc2cccc(C)c2c1=O.Clc1ncnc2c1ncn2C1CCCCO1. The first-order valence-electron chi connectivity index (χ1n) is 42.5. The van der Waals surface area contributed by atoms with Crippen molar-refractivity contribution >= 4 is 116 Å². The zero-order chi connectivity index (χ0) is 88.7. The molecule has 0 bridgehead atoms. The Hall–Kier alpha value is -13.5. The van der Waals surface area contributed by atoms with Gasteiger partial charge in [-0.2, -0.15) is 0 Å². The number of pyridine rings is 4. The molecule has 18 aromatic rings. The van der Waals surface area contributed by atoms with Crippen molar-refractivity contribution in [2.24, 2.45) is 0 Å². The molecule has 10 aromatic heterocycles. The minimum absolute atomic E-state index is 0.0114. The van der Waals surface area contributed by atoms with Gasteiger partial charge in [-0.3, -0.25) is 46.6 Å². The highest BCUT2D eigenvalue weighted by Gasteiger charge is 2.26. The number of hydrogen-bond acceptors (Lipinski definition) is 18. The van der Waals surface area contributed by atoms with Crippen molar-refractivity contribution in [2.45, 2.75) is 131 Å². The Kier molecular flexibility index (Phi) is 26.4. The summed E-state index contributed by atoms with van der Waals surface area (Å²) >= 11 is 9.45. The Morgan fingerprint density at radius 3 is 1.20 bits per heavy atom. The van der Waals surface area contributed by atoms with Gasteiger partial charge in [-0.1, -0.05) is 173 Å². The molecule has 12 heterocycles. The van der Waals surface area contributed by atoms with Gasteiger partial charge in [-0.05, 0) is 216 Å². The summed E-state index contributed by atoms with van der Waals surface area (Å²) in [6, 6.07) is 64.2. The number of H-pyrrole nitrogens is 1. The van der Waals surface area contributed by atoms with E-state index in [1.165, 1.54) is 19.1 Å². The number of imidazole rings is 3. The molecule has 8 aromatic carbocycles. The lowest BCUT2D eigenvalue weighted by Crippen LogP contribution is -2.28. The first kappa shape index (κ1) is 87.0. The molecule has 20 rings (SSSR count). The summed E-state index contributed by atoms with van der Waals surface area (Å²) in [6.07, 6.45) is 16.1. The van der Waals surface area contributed by atoms with Crippen molar-refractivity contribution in [1.29, 1.82) is 0 Å². The van der Waals surface area contributed by atoms with E-state index in [4.69, 9.17) is 21.1 Å². The summed E-state index contributed by atoms with van der Waals surface area (Å²) in [4.78, 5) is 99.9. The number of halogens is 2. The molecule has 2 aliphatic rings. The van der Waals surface area contributed by atoms with E-state index in [1.54, 1.807) is 25.3 Å². The summed E-state index contributed by atoms with van der Waals surface area (Å²) < 4.78 is 22.9. The maximum absolute atomic E-state index is 13.9. The predicted octanol–water partition coefficient (Wildman–Crippen LogP) is 19.0. The lowest BCUT2D eigenvalue weighted by atomic mass is 10.1. The van der Waals surface area contributed by atoms with E-state index < -0.39 is 0 Å². The third-order valence-corrected chi connectivity index (χ3v) is 24.4. The molecule has 127 heavy (non-hydrogen) atoms. The molecule has 2 N–H and O–H groups in total. The smallest absolute Gasteiger partial charge is 0.263 e. The molecular formula is C100H99BrClN19O6. The van der Waals surface area contributed by atoms with Crippen molar-refractivity contribution in [3.8, 4) is 22.7 Å². The fraction of sp³-hybridized carbons (Fsp3) is 0.250. The molecule has 2 atom stereocenters. The molecule has 0 amide bonds. The summed E-state index contributed by atoms with van der Waals surface area (Å²) in [5.74, 6) is 1.45. The molecule has 27 heteroatoms. The topological polar surface area (TPSA) is 267 Å². The number of hydrogen-bond donors (Lipinski definition) is 2. The largest absolute Gasteiger partial charge is 0.358 e. The van der Waals surface area contributed by atoms with Crippen LogP contribution in [-0.4, -0.2) is 112 Å². The molecule has 0 saturated carbocycles. The van der Waals surface area contributed by atoms with Gasteiger partial charge in [0.05, 0.1) is 76.4 Å². The van der Waals surface area contributed by atoms with Crippen LogP contribution in [0.15, 0.2) is 251 Å². The van der Waals surface area contributed by atoms with E-state index in [0.717, 1.165) is 207 Å². The Morgan fingerprint density at radius 1 is 0.417 bits per heavy atom. The number of benzene rings is 8. The van der Waals surface area contributed by atoms with Crippen LogP contribution in [0.5, 0.6) is 0 Å². The standard InChI is InChI=1S/C29H30N6O2.C24H22N6O.C19H20N2O.C18H16BrNO.C10H11ClN4O/c1-19-9-4-5-12-23(19)35-22(15-21-11-8-10-20(2)25(21)29(35)36)16-33(3)27-26-28(31-17-30-27)34(18-32-26)24-13-6-7-14-37-24;1-15-7-4-5-10-19(15)30-18(11-17-9-6-8-16(2)20(17)24(30)31)12-29(3)23-21-22(26-13-25-21)27-14-28-23;1-13-7-4-5-10-17(13)21-16(12-20-3)11-15-9-6-8-14(2)18(15)19(21)22;1-12-6-3-4-9-16(12)20-15(11-19)10-14-8-5-7-13(2)17(14)18(20)21;11-9-8-10(13-5-12-9)15(6-14-8)7-3-1-2-4-16-7/h4-5,8-12,15,17-18,24H,6-7,13-14,16H2,1-3H3;4-11,13-14H,12H2,1-3H3,(H,25,26,27,28);4-11,20H,12H2,1-3H3;3-10H,11H2,1-2H3;5-7H,1-4H2. The number of rotatable bonds is 15. The maximum atomic E-state index is 13.9. The zero-order valence-corrected chi connectivity index (χ0v) is 75.2. The highest BCUT2D eigenvalue weighted by molar-refractivity contribution is 9.08. The summed E-state index contributed by atoms with van der Waals surface area (Å²) in [5.41, 5.74) is 19.9. The van der Waals surface area contributed by atoms with E-state index in [2.05, 4.69) is 95.4 Å². The number of aryl methyl sites for hydroxylation is 8. The van der Waals surface area contributed by atoms with E-state index in [-0.39, 0.29) is 34.7 Å². The first-order chi connectivity index (χ1) is 61.7. The predicted molar refractivity (Wildman–Crippen MR) is 511 cm³/mol. The van der Waals surface area contributed by atoms with Crippen LogP contribution in [0.25, 0.3) is 99.3 Å². The second kappa shape index (κ2) is 38.5. The number of nitrogens with zero attached hydrogens (tertiary/aromatic N) is 17. The van der Waals surface area contributed by atoms with Crippen molar-refractivity contribution in [1.82, 2.24) is 82.6 Å². The van der Waals surface area contributed by atoms with Gasteiger partial charge in [-0.15, -0.1) is 0 Å². The highest BCUT2D eigenvalue weighted by Crippen LogP contribution is 2.34.